The van der Waals surface area contributed by atoms with E-state index in [1.807, 2.05) is 42.5 Å². The molecule has 5 N–H and O–H groups in total. The number of likely N-dealkylation sites (N-methyl/N-ethyl adjacent to an activating group) is 1. The van der Waals surface area contributed by atoms with Gasteiger partial charge in [-0.1, -0.05) is 78.9 Å². The second-order valence-corrected chi connectivity index (χ2v) is 11.8. The number of methoxy groups -OCH3 is 1. The molecule has 4 rings (SSSR count). The summed E-state index contributed by atoms with van der Waals surface area (Å²) in [5.41, 5.74) is 1.80. The summed E-state index contributed by atoms with van der Waals surface area (Å²) in [5, 5.41) is 44.9. The lowest BCUT2D eigenvalue weighted by atomic mass is 9.96. The maximum Gasteiger partial charge on any atom is 0.336 e. The van der Waals surface area contributed by atoms with Crippen molar-refractivity contribution >= 4 is 34.6 Å². The third-order valence-corrected chi connectivity index (χ3v) is 7.62. The van der Waals surface area contributed by atoms with Gasteiger partial charge in [-0.3, -0.25) is 14.4 Å². The summed E-state index contributed by atoms with van der Waals surface area (Å²) in [5.74, 6) is -5.51. The van der Waals surface area contributed by atoms with Crippen LogP contribution in [0.25, 0.3) is 10.8 Å². The van der Waals surface area contributed by atoms with Crippen LogP contribution < -0.4 is 4.74 Å². The molecule has 0 fully saturated rings. The van der Waals surface area contributed by atoms with E-state index in [1.165, 1.54) is 16.7 Å². The van der Waals surface area contributed by atoms with Crippen LogP contribution in [0, 0.1) is 6.92 Å². The van der Waals surface area contributed by atoms with Crippen LogP contribution in [0.1, 0.15) is 54.0 Å². The summed E-state index contributed by atoms with van der Waals surface area (Å²) >= 11 is 0. The summed E-state index contributed by atoms with van der Waals surface area (Å²) in [6, 6.07) is 30.3. The van der Waals surface area contributed by atoms with E-state index in [4.69, 9.17) is 35.0 Å². The third-order valence-electron chi connectivity index (χ3n) is 7.62. The van der Waals surface area contributed by atoms with Gasteiger partial charge in [0.25, 0.3) is 0 Å². The average Bonchev–Trinajstić information content (AvgIpc) is 3.06. The lowest BCUT2D eigenvalue weighted by molar-refractivity contribution is -0.170. The van der Waals surface area contributed by atoms with Crippen molar-refractivity contribution in [3.8, 4) is 5.75 Å². The Morgan fingerprint density at radius 3 is 1.84 bits per heavy atom. The Balaban J connectivity index is 0.000000267. The minimum absolute atomic E-state index is 0.0114. The fourth-order valence-electron chi connectivity index (χ4n) is 4.72. The molecule has 0 heterocycles. The number of fused-ring (bicyclic) bond motifs is 1. The first kappa shape index (κ1) is 40.9. The molecule has 2 atom stereocenters. The van der Waals surface area contributed by atoms with Gasteiger partial charge in [-0.25, -0.2) is 4.79 Å². The molecular weight excluding hydrogens is 646 g/mol. The van der Waals surface area contributed by atoms with E-state index in [0.717, 1.165) is 35.2 Å². The topological polar surface area (TPSA) is 191 Å². The Bertz CT molecular complexity index is 1710. The van der Waals surface area contributed by atoms with Gasteiger partial charge in [-0.05, 0) is 73.1 Å². The molecule has 0 saturated heterocycles. The number of aliphatic carboxylic acids is 4. The molecule has 0 spiro atoms. The molecule has 0 bridgehead atoms. The second kappa shape index (κ2) is 19.6. The van der Waals surface area contributed by atoms with Gasteiger partial charge in [0.1, 0.15) is 11.9 Å². The number of ether oxygens (including phenoxy) is 2. The second-order valence-electron chi connectivity index (χ2n) is 11.8. The predicted octanol–water partition coefficient (Wildman–Crippen LogP) is 5.45. The van der Waals surface area contributed by atoms with E-state index in [1.54, 1.807) is 14.0 Å². The minimum Gasteiger partial charge on any atom is -0.497 e. The van der Waals surface area contributed by atoms with Gasteiger partial charge < -0.3 is 39.9 Å². The average molecular weight is 692 g/mol. The van der Waals surface area contributed by atoms with Crippen molar-refractivity contribution in [1.29, 1.82) is 0 Å². The Hall–Kier alpha value is -5.30. The van der Waals surface area contributed by atoms with E-state index in [9.17, 15) is 19.2 Å². The van der Waals surface area contributed by atoms with Crippen LogP contribution in [0.3, 0.4) is 0 Å². The molecule has 4 aromatic rings. The largest absolute Gasteiger partial charge is 0.497 e. The molecule has 0 aliphatic heterocycles. The van der Waals surface area contributed by atoms with E-state index in [2.05, 4.69) is 74.4 Å². The Kier molecular flexibility index (Phi) is 16.1. The molecule has 50 heavy (non-hydrogen) atoms. The van der Waals surface area contributed by atoms with Gasteiger partial charge in [0.15, 0.2) is 5.60 Å². The molecule has 0 amide bonds. The van der Waals surface area contributed by atoms with E-state index in [-0.39, 0.29) is 6.10 Å². The third kappa shape index (κ3) is 13.0. The molecule has 1 unspecified atom stereocenters. The van der Waals surface area contributed by atoms with E-state index in [0.29, 0.717) is 0 Å². The molecule has 0 aliphatic rings. The van der Waals surface area contributed by atoms with Crippen molar-refractivity contribution in [3.63, 3.8) is 0 Å². The fourth-order valence-corrected chi connectivity index (χ4v) is 4.72. The highest BCUT2D eigenvalue weighted by Crippen LogP contribution is 2.28. The number of benzene rings is 4. The first-order valence-electron chi connectivity index (χ1n) is 15.6. The predicted molar refractivity (Wildman–Crippen MR) is 188 cm³/mol. The van der Waals surface area contributed by atoms with Crippen LogP contribution in [0.4, 0.5) is 0 Å². The standard InChI is InChI=1S/C18H23NO.C14H14O3.C6H8O7/c1-15-9-7-8-12-17(15)18(20-14-13-19(2)3)16-10-5-4-6-11-16;1-9(14(15)16)10-3-4-12-8-13(17-2)6-5-11(12)7-10;7-3(8)1-6(13,5(11)12)2-4(9)10/h4-12,18H,13-14H2,1-3H3;3-9H,1-2H3,(H,15,16);13H,1-2H2,(H,7,8)(H,9,10)(H,11,12)/t;9-;/m.0./s1. The van der Waals surface area contributed by atoms with Crippen LogP contribution in [-0.4, -0.2) is 94.3 Å². The summed E-state index contributed by atoms with van der Waals surface area (Å²) in [6.45, 7) is 5.48. The van der Waals surface area contributed by atoms with Crippen LogP contribution in [0.2, 0.25) is 0 Å². The fraction of sp³-hybridized carbons (Fsp3) is 0.316. The minimum atomic E-state index is -2.74. The molecule has 12 nitrogen and oxygen atoms in total. The smallest absolute Gasteiger partial charge is 0.336 e. The van der Waals surface area contributed by atoms with Gasteiger partial charge >= 0.3 is 23.9 Å². The van der Waals surface area contributed by atoms with Crippen molar-refractivity contribution < 1.29 is 54.2 Å². The molecular formula is C38H45NO11. The SMILES string of the molecule is COc1ccc2cc([C@H](C)C(=O)O)ccc2c1.Cc1ccccc1C(OCCN(C)C)c1ccccc1.O=C(O)CC(O)(CC(=O)O)C(=O)O. The molecule has 12 heteroatoms. The first-order chi connectivity index (χ1) is 23.6. The number of carboxylic acids is 4. The first-order valence-corrected chi connectivity index (χ1v) is 15.6. The summed E-state index contributed by atoms with van der Waals surface area (Å²) in [6.07, 6.45) is -2.28. The quantitative estimate of drug-likeness (QED) is 0.113. The highest BCUT2D eigenvalue weighted by atomic mass is 16.5. The summed E-state index contributed by atoms with van der Waals surface area (Å²) in [4.78, 5) is 43.5. The zero-order chi connectivity index (χ0) is 37.4. The van der Waals surface area contributed by atoms with Crippen molar-refractivity contribution in [2.75, 3.05) is 34.4 Å². The molecule has 0 radical (unpaired) electrons. The normalized spacial score (nSPS) is 12.1. The summed E-state index contributed by atoms with van der Waals surface area (Å²) < 4.78 is 11.3. The van der Waals surface area contributed by atoms with Crippen molar-refractivity contribution in [1.82, 2.24) is 4.90 Å². The molecule has 0 aromatic heterocycles. The monoisotopic (exact) mass is 691 g/mol. The van der Waals surface area contributed by atoms with Gasteiger partial charge in [0.2, 0.25) is 0 Å². The number of rotatable bonds is 14. The Labute approximate surface area is 291 Å². The number of aliphatic hydroxyl groups is 1. The van der Waals surface area contributed by atoms with Crippen molar-refractivity contribution in [2.45, 2.75) is 44.3 Å². The van der Waals surface area contributed by atoms with Crippen molar-refractivity contribution in [2.24, 2.45) is 0 Å². The van der Waals surface area contributed by atoms with Crippen LogP contribution in [0.5, 0.6) is 5.75 Å². The Morgan fingerprint density at radius 1 is 0.760 bits per heavy atom. The number of nitrogens with zero attached hydrogens (tertiary/aromatic N) is 1. The molecule has 4 aromatic carbocycles. The molecule has 0 saturated carbocycles. The Morgan fingerprint density at radius 2 is 1.32 bits per heavy atom. The maximum atomic E-state index is 10.9. The van der Waals surface area contributed by atoms with Gasteiger partial charge in [-0.2, -0.15) is 0 Å². The highest BCUT2D eigenvalue weighted by molar-refractivity contribution is 5.88. The van der Waals surface area contributed by atoms with Gasteiger partial charge in [0.05, 0.1) is 32.5 Å². The van der Waals surface area contributed by atoms with Crippen LogP contribution >= 0.6 is 0 Å². The van der Waals surface area contributed by atoms with Crippen LogP contribution in [0.15, 0.2) is 91.0 Å². The summed E-state index contributed by atoms with van der Waals surface area (Å²) in [7, 11) is 5.76. The number of hydrogen-bond acceptors (Lipinski definition) is 8. The highest BCUT2D eigenvalue weighted by Gasteiger charge is 2.40. The number of carboxylic acid groups (broad SMARTS) is 4. The zero-order valence-electron chi connectivity index (χ0n) is 28.8. The van der Waals surface area contributed by atoms with Crippen LogP contribution in [-0.2, 0) is 23.9 Å². The van der Waals surface area contributed by atoms with E-state index < -0.39 is 48.2 Å². The molecule has 0 aliphatic carbocycles. The number of carbonyl (C=O) groups is 4. The number of hydrogen-bond donors (Lipinski definition) is 5. The van der Waals surface area contributed by atoms with Crippen molar-refractivity contribution in [3.05, 3.63) is 113 Å². The number of aryl methyl sites for hydroxylation is 1. The maximum absolute atomic E-state index is 10.9. The van der Waals surface area contributed by atoms with Gasteiger partial charge in [-0.15, -0.1) is 0 Å². The van der Waals surface area contributed by atoms with E-state index >= 15 is 0 Å². The zero-order valence-corrected chi connectivity index (χ0v) is 28.8. The lowest BCUT2D eigenvalue weighted by Crippen LogP contribution is -2.42. The lowest BCUT2D eigenvalue weighted by Gasteiger charge is -2.22. The van der Waals surface area contributed by atoms with Gasteiger partial charge in [0, 0.05) is 6.54 Å². The molecule has 268 valence electrons.